The zero-order valence-electron chi connectivity index (χ0n) is 12.2. The second-order valence-electron chi connectivity index (χ2n) is 6.31. The van der Waals surface area contributed by atoms with Gasteiger partial charge in [-0.1, -0.05) is 27.7 Å². The fourth-order valence-corrected chi connectivity index (χ4v) is 2.70. The first-order chi connectivity index (χ1) is 8.41. The summed E-state index contributed by atoms with van der Waals surface area (Å²) in [6.07, 6.45) is 4.90. The van der Waals surface area contributed by atoms with Gasteiger partial charge in [-0.25, -0.2) is 4.98 Å². The number of nitrogens with zero attached hydrogens (tertiary/aromatic N) is 2. The highest BCUT2D eigenvalue weighted by Crippen LogP contribution is 2.63. The molecule has 0 atom stereocenters. The molecule has 0 amide bonds. The predicted octanol–water partition coefficient (Wildman–Crippen LogP) is 2.77. The molecule has 2 rings (SSSR count). The second-order valence-corrected chi connectivity index (χ2v) is 6.31. The first-order valence-electron chi connectivity index (χ1n) is 6.68. The van der Waals surface area contributed by atoms with E-state index in [9.17, 15) is 0 Å². The highest BCUT2D eigenvalue weighted by atomic mass is 16.5. The fourth-order valence-electron chi connectivity index (χ4n) is 2.70. The predicted molar refractivity (Wildman–Crippen MR) is 73.7 cm³/mol. The number of methoxy groups -OCH3 is 1. The highest BCUT2D eigenvalue weighted by molar-refractivity contribution is 5.37. The van der Waals surface area contributed by atoms with Crippen molar-refractivity contribution in [1.29, 1.82) is 0 Å². The minimum absolute atomic E-state index is 0.330. The van der Waals surface area contributed by atoms with Gasteiger partial charge in [0.2, 0.25) is 5.95 Å². The lowest BCUT2D eigenvalue weighted by molar-refractivity contribution is 0.190. The minimum Gasteiger partial charge on any atom is -0.385 e. The lowest BCUT2D eigenvalue weighted by Gasteiger charge is -2.11. The average Bonchev–Trinajstić information content (AvgIpc) is 2.68. The van der Waals surface area contributed by atoms with Crippen LogP contribution in [0.5, 0.6) is 0 Å². The van der Waals surface area contributed by atoms with Crippen molar-refractivity contribution in [2.75, 3.05) is 19.0 Å². The molecule has 1 aliphatic rings. The molecule has 0 saturated heterocycles. The molecule has 0 bridgehead atoms. The van der Waals surface area contributed by atoms with Crippen LogP contribution in [-0.4, -0.2) is 29.3 Å². The number of hydrogen-bond acceptors (Lipinski definition) is 3. The topological polar surface area (TPSA) is 39.1 Å². The Balaban J connectivity index is 1.97. The lowest BCUT2D eigenvalue weighted by atomic mass is 10.0. The van der Waals surface area contributed by atoms with Gasteiger partial charge < -0.3 is 14.6 Å². The van der Waals surface area contributed by atoms with Crippen LogP contribution in [-0.2, 0) is 11.3 Å². The SMILES string of the molecule is COCCCn1ccnc1NC1C(C)(C)C1(C)C. The normalized spacial score (nSPS) is 20.9. The van der Waals surface area contributed by atoms with Crippen LogP contribution in [0.1, 0.15) is 34.1 Å². The minimum atomic E-state index is 0.330. The van der Waals surface area contributed by atoms with Crippen LogP contribution >= 0.6 is 0 Å². The van der Waals surface area contributed by atoms with E-state index in [0.29, 0.717) is 16.9 Å². The summed E-state index contributed by atoms with van der Waals surface area (Å²) in [5, 5.41) is 3.58. The molecule has 18 heavy (non-hydrogen) atoms. The average molecular weight is 251 g/mol. The van der Waals surface area contributed by atoms with Crippen molar-refractivity contribution in [3.8, 4) is 0 Å². The largest absolute Gasteiger partial charge is 0.385 e. The third-order valence-electron chi connectivity index (χ3n) is 4.76. The molecular weight excluding hydrogens is 226 g/mol. The maximum Gasteiger partial charge on any atom is 0.203 e. The van der Waals surface area contributed by atoms with Gasteiger partial charge >= 0.3 is 0 Å². The first-order valence-corrected chi connectivity index (χ1v) is 6.68. The van der Waals surface area contributed by atoms with Gasteiger partial charge in [-0.3, -0.25) is 0 Å². The Morgan fingerprint density at radius 1 is 1.33 bits per heavy atom. The molecule has 0 spiro atoms. The standard InChI is InChI=1S/C14H25N3O/c1-13(2)11(14(13,3)4)16-12-15-7-9-17(12)8-6-10-18-5/h7,9,11H,6,8,10H2,1-5H3,(H,15,16). The van der Waals surface area contributed by atoms with Crippen LogP contribution in [0.25, 0.3) is 0 Å². The molecule has 0 aromatic carbocycles. The monoisotopic (exact) mass is 251 g/mol. The van der Waals surface area contributed by atoms with E-state index in [-0.39, 0.29) is 0 Å². The van der Waals surface area contributed by atoms with E-state index < -0.39 is 0 Å². The molecule has 4 heteroatoms. The van der Waals surface area contributed by atoms with Crippen LogP contribution in [0.4, 0.5) is 5.95 Å². The van der Waals surface area contributed by atoms with E-state index in [1.54, 1.807) is 7.11 Å². The van der Waals surface area contributed by atoms with Crippen molar-refractivity contribution in [1.82, 2.24) is 9.55 Å². The zero-order chi connectivity index (χ0) is 13.4. The van der Waals surface area contributed by atoms with Gasteiger partial charge in [0, 0.05) is 38.7 Å². The summed E-state index contributed by atoms with van der Waals surface area (Å²) in [7, 11) is 1.74. The summed E-state index contributed by atoms with van der Waals surface area (Å²) in [5.74, 6) is 0.981. The molecule has 0 radical (unpaired) electrons. The van der Waals surface area contributed by atoms with E-state index in [1.807, 2.05) is 12.4 Å². The van der Waals surface area contributed by atoms with Crippen molar-refractivity contribution in [3.63, 3.8) is 0 Å². The Morgan fingerprint density at radius 3 is 2.56 bits per heavy atom. The second kappa shape index (κ2) is 4.57. The number of aromatic nitrogens is 2. The van der Waals surface area contributed by atoms with Gasteiger partial charge in [-0.2, -0.15) is 0 Å². The Morgan fingerprint density at radius 2 is 2.00 bits per heavy atom. The van der Waals surface area contributed by atoms with Crippen LogP contribution in [0.2, 0.25) is 0 Å². The first kappa shape index (κ1) is 13.4. The van der Waals surface area contributed by atoms with E-state index in [1.165, 1.54) is 0 Å². The van der Waals surface area contributed by atoms with Crippen LogP contribution in [0, 0.1) is 10.8 Å². The zero-order valence-corrected chi connectivity index (χ0v) is 12.2. The Hall–Kier alpha value is -1.03. The van der Waals surface area contributed by atoms with Crippen molar-refractivity contribution < 1.29 is 4.74 Å². The molecular formula is C14H25N3O. The van der Waals surface area contributed by atoms with Gasteiger partial charge in [0.25, 0.3) is 0 Å². The molecule has 1 heterocycles. The van der Waals surface area contributed by atoms with Gasteiger partial charge in [0.05, 0.1) is 0 Å². The van der Waals surface area contributed by atoms with Gasteiger partial charge in [0.15, 0.2) is 0 Å². The Labute approximate surface area is 110 Å². The fraction of sp³-hybridized carbons (Fsp3) is 0.786. The summed E-state index contributed by atoms with van der Waals surface area (Å²) in [6.45, 7) is 11.0. The van der Waals surface area contributed by atoms with E-state index in [2.05, 4.69) is 42.6 Å². The molecule has 1 aromatic rings. The third-order valence-corrected chi connectivity index (χ3v) is 4.76. The summed E-state index contributed by atoms with van der Waals surface area (Å²) < 4.78 is 7.26. The molecule has 0 unspecified atom stereocenters. The van der Waals surface area contributed by atoms with Crippen molar-refractivity contribution in [2.24, 2.45) is 10.8 Å². The molecule has 1 N–H and O–H groups in total. The van der Waals surface area contributed by atoms with E-state index in [0.717, 1.165) is 25.5 Å². The maximum absolute atomic E-state index is 5.09. The summed E-state index contributed by atoms with van der Waals surface area (Å²) in [5.41, 5.74) is 0.659. The number of rotatable bonds is 6. The van der Waals surface area contributed by atoms with E-state index in [4.69, 9.17) is 4.74 Å². The lowest BCUT2D eigenvalue weighted by Crippen LogP contribution is -2.15. The van der Waals surface area contributed by atoms with Crippen molar-refractivity contribution >= 4 is 5.95 Å². The molecule has 1 saturated carbocycles. The molecule has 102 valence electrons. The highest BCUT2D eigenvalue weighted by Gasteiger charge is 2.65. The van der Waals surface area contributed by atoms with Gasteiger partial charge in [-0.05, 0) is 17.3 Å². The van der Waals surface area contributed by atoms with Crippen molar-refractivity contribution in [3.05, 3.63) is 12.4 Å². The van der Waals surface area contributed by atoms with Crippen LogP contribution < -0.4 is 5.32 Å². The number of hydrogen-bond donors (Lipinski definition) is 1. The Bertz CT molecular complexity index is 395. The van der Waals surface area contributed by atoms with Crippen LogP contribution in [0.3, 0.4) is 0 Å². The number of anilines is 1. The quantitative estimate of drug-likeness (QED) is 0.790. The van der Waals surface area contributed by atoms with E-state index >= 15 is 0 Å². The van der Waals surface area contributed by atoms with Crippen molar-refractivity contribution in [2.45, 2.75) is 46.7 Å². The number of ether oxygens (including phenoxy) is 1. The molecule has 1 fully saturated rings. The number of aryl methyl sites for hydroxylation is 1. The summed E-state index contributed by atoms with van der Waals surface area (Å²) >= 11 is 0. The number of imidazole rings is 1. The molecule has 4 nitrogen and oxygen atoms in total. The molecule has 1 aromatic heterocycles. The van der Waals surface area contributed by atoms with Crippen LogP contribution in [0.15, 0.2) is 12.4 Å². The molecule has 1 aliphatic carbocycles. The summed E-state index contributed by atoms with van der Waals surface area (Å²) in [4.78, 5) is 4.42. The van der Waals surface area contributed by atoms with Gasteiger partial charge in [-0.15, -0.1) is 0 Å². The maximum atomic E-state index is 5.09. The van der Waals surface area contributed by atoms with Gasteiger partial charge in [0.1, 0.15) is 0 Å². The number of nitrogens with one attached hydrogen (secondary N) is 1. The Kier molecular flexibility index (Phi) is 3.41. The molecule has 0 aliphatic heterocycles. The smallest absolute Gasteiger partial charge is 0.203 e. The summed E-state index contributed by atoms with van der Waals surface area (Å²) in [6, 6.07) is 0.494. The third kappa shape index (κ3) is 2.14.